The van der Waals surface area contributed by atoms with Crippen molar-refractivity contribution in [3.05, 3.63) is 59.7 Å². The number of hydrogen-bond acceptors (Lipinski definition) is 2. The minimum atomic E-state index is 0.219. The van der Waals surface area contributed by atoms with Crippen LogP contribution in [0.4, 0.5) is 11.4 Å². The van der Waals surface area contributed by atoms with E-state index >= 15 is 0 Å². The Labute approximate surface area is 168 Å². The zero-order valence-corrected chi connectivity index (χ0v) is 17.3. The van der Waals surface area contributed by atoms with E-state index in [4.69, 9.17) is 0 Å². The van der Waals surface area contributed by atoms with Crippen LogP contribution < -0.4 is 9.80 Å². The molecule has 0 unspecified atom stereocenters. The number of carbonyl (C=O) groups excluding carboxylic acids is 2. The molecule has 2 aromatic rings. The van der Waals surface area contributed by atoms with Gasteiger partial charge in [-0.2, -0.15) is 0 Å². The van der Waals surface area contributed by atoms with Gasteiger partial charge in [-0.15, -0.1) is 0 Å². The number of rotatable bonds is 2. The molecule has 4 heteroatoms. The predicted octanol–water partition coefficient (Wildman–Crippen LogP) is 4.75. The highest BCUT2D eigenvalue weighted by atomic mass is 16.2. The summed E-state index contributed by atoms with van der Waals surface area (Å²) >= 11 is 0. The quantitative estimate of drug-likeness (QED) is 0.757. The molecule has 4 nitrogen and oxygen atoms in total. The molecule has 0 atom stereocenters. The minimum absolute atomic E-state index is 0.219. The normalized spacial score (nSPS) is 15.9. The second-order valence-corrected chi connectivity index (χ2v) is 8.00. The molecule has 0 saturated carbocycles. The van der Waals surface area contributed by atoms with Gasteiger partial charge in [0.05, 0.1) is 6.42 Å². The van der Waals surface area contributed by atoms with E-state index in [-0.39, 0.29) is 23.9 Å². The Morgan fingerprint density at radius 3 is 1.79 bits per heavy atom. The number of amides is 2. The van der Waals surface area contributed by atoms with Gasteiger partial charge in [-0.1, -0.05) is 36.4 Å². The van der Waals surface area contributed by atoms with Gasteiger partial charge in [0.25, 0.3) is 0 Å². The molecule has 2 aromatic carbocycles. The van der Waals surface area contributed by atoms with Gasteiger partial charge in [0.2, 0.25) is 11.8 Å². The summed E-state index contributed by atoms with van der Waals surface area (Å²) in [5.41, 5.74) is 4.65. The van der Waals surface area contributed by atoms with Gasteiger partial charge in [0, 0.05) is 29.9 Å². The Balaban J connectivity index is 0.000000162. The zero-order chi connectivity index (χ0) is 20.3. The van der Waals surface area contributed by atoms with Crippen molar-refractivity contribution in [1.29, 1.82) is 0 Å². The molecule has 4 rings (SSSR count). The van der Waals surface area contributed by atoms with Crippen LogP contribution in [0, 0.1) is 0 Å². The van der Waals surface area contributed by atoms with E-state index in [1.807, 2.05) is 60.0 Å². The fraction of sp³-hybridized carbons (Fsp3) is 0.417. The largest absolute Gasteiger partial charge is 0.310 e. The molecule has 0 aromatic heterocycles. The summed E-state index contributed by atoms with van der Waals surface area (Å²) in [6, 6.07) is 16.7. The van der Waals surface area contributed by atoms with Crippen LogP contribution in [0.3, 0.4) is 0 Å². The first kappa shape index (κ1) is 20.1. The number of hydrogen-bond donors (Lipinski definition) is 0. The monoisotopic (exact) mass is 378 g/mol. The Hall–Kier alpha value is -2.62. The highest BCUT2D eigenvalue weighted by molar-refractivity contribution is 6.01. The van der Waals surface area contributed by atoms with Crippen molar-refractivity contribution in [2.24, 2.45) is 0 Å². The predicted molar refractivity (Wildman–Crippen MR) is 115 cm³/mol. The van der Waals surface area contributed by atoms with E-state index in [1.54, 1.807) is 0 Å². The lowest BCUT2D eigenvalue weighted by atomic mass is 10.1. The molecule has 2 amide bonds. The maximum absolute atomic E-state index is 11.9. The topological polar surface area (TPSA) is 40.6 Å². The lowest BCUT2D eigenvalue weighted by molar-refractivity contribution is -0.119. The number of aryl methyl sites for hydroxylation is 1. The Bertz CT molecular complexity index is 857. The van der Waals surface area contributed by atoms with Crippen LogP contribution in [0.15, 0.2) is 48.5 Å². The van der Waals surface area contributed by atoms with E-state index in [0.717, 1.165) is 29.8 Å². The lowest BCUT2D eigenvalue weighted by Gasteiger charge is -2.26. The smallest absolute Gasteiger partial charge is 0.231 e. The third-order valence-electron chi connectivity index (χ3n) is 5.25. The molecule has 0 fully saturated rings. The molecule has 2 aliphatic rings. The molecule has 0 aliphatic carbocycles. The number of carbonyl (C=O) groups is 2. The van der Waals surface area contributed by atoms with Gasteiger partial charge in [-0.3, -0.25) is 9.59 Å². The second kappa shape index (κ2) is 8.59. The molecule has 0 spiro atoms. The summed E-state index contributed by atoms with van der Waals surface area (Å²) < 4.78 is 0. The summed E-state index contributed by atoms with van der Waals surface area (Å²) in [5, 5.41) is 0. The van der Waals surface area contributed by atoms with Crippen LogP contribution in [0.2, 0.25) is 0 Å². The molecule has 0 N–H and O–H groups in total. The minimum Gasteiger partial charge on any atom is -0.310 e. The molecule has 0 saturated heterocycles. The lowest BCUT2D eigenvalue weighted by Crippen LogP contribution is -2.36. The van der Waals surface area contributed by atoms with E-state index in [9.17, 15) is 9.59 Å². The number of anilines is 2. The van der Waals surface area contributed by atoms with Crippen molar-refractivity contribution in [3.8, 4) is 0 Å². The molecular formula is C24H30N2O2. The molecule has 0 radical (unpaired) electrons. The summed E-state index contributed by atoms with van der Waals surface area (Å²) in [5.74, 6) is 0.478. The van der Waals surface area contributed by atoms with Crippen molar-refractivity contribution in [2.45, 2.75) is 65.5 Å². The van der Waals surface area contributed by atoms with Crippen LogP contribution in [0.25, 0.3) is 0 Å². The molecular weight excluding hydrogens is 348 g/mol. The van der Waals surface area contributed by atoms with Gasteiger partial charge in [0.15, 0.2) is 0 Å². The molecule has 148 valence electrons. The molecule has 0 bridgehead atoms. The summed E-state index contributed by atoms with van der Waals surface area (Å²) in [6.07, 6.45) is 3.23. The number of nitrogens with zero attached hydrogens (tertiary/aromatic N) is 2. The van der Waals surface area contributed by atoms with Gasteiger partial charge in [0.1, 0.15) is 0 Å². The first-order valence-electron chi connectivity index (χ1n) is 10.2. The van der Waals surface area contributed by atoms with E-state index in [0.29, 0.717) is 12.8 Å². The van der Waals surface area contributed by atoms with Gasteiger partial charge in [-0.05, 0) is 63.8 Å². The fourth-order valence-electron chi connectivity index (χ4n) is 4.05. The van der Waals surface area contributed by atoms with Crippen LogP contribution >= 0.6 is 0 Å². The van der Waals surface area contributed by atoms with Gasteiger partial charge in [-0.25, -0.2) is 0 Å². The molecule has 2 heterocycles. The average molecular weight is 379 g/mol. The van der Waals surface area contributed by atoms with Gasteiger partial charge >= 0.3 is 0 Å². The third-order valence-corrected chi connectivity index (χ3v) is 5.25. The van der Waals surface area contributed by atoms with Crippen molar-refractivity contribution in [3.63, 3.8) is 0 Å². The third kappa shape index (κ3) is 4.11. The highest BCUT2D eigenvalue weighted by Gasteiger charge is 2.28. The van der Waals surface area contributed by atoms with Crippen molar-refractivity contribution in [2.75, 3.05) is 9.80 Å². The van der Waals surface area contributed by atoms with Crippen LogP contribution in [-0.4, -0.2) is 23.9 Å². The zero-order valence-electron chi connectivity index (χ0n) is 17.3. The second-order valence-electron chi connectivity index (χ2n) is 8.00. The van der Waals surface area contributed by atoms with Gasteiger partial charge < -0.3 is 9.80 Å². The fourth-order valence-corrected chi connectivity index (χ4v) is 4.05. The maximum atomic E-state index is 11.9. The molecule has 28 heavy (non-hydrogen) atoms. The van der Waals surface area contributed by atoms with E-state index < -0.39 is 0 Å². The SMILES string of the molecule is CC(C)N1C(=O)CCCc2ccccc21.CC(C)N1C(=O)Cc2ccccc21. The first-order chi connectivity index (χ1) is 13.4. The summed E-state index contributed by atoms with van der Waals surface area (Å²) in [4.78, 5) is 27.3. The van der Waals surface area contributed by atoms with Crippen molar-refractivity contribution in [1.82, 2.24) is 0 Å². The van der Waals surface area contributed by atoms with E-state index in [1.165, 1.54) is 5.56 Å². The Morgan fingerprint density at radius 1 is 0.679 bits per heavy atom. The molecule has 2 aliphatic heterocycles. The number of fused-ring (bicyclic) bond motifs is 2. The maximum Gasteiger partial charge on any atom is 0.231 e. The Kier molecular flexibility index (Phi) is 6.18. The van der Waals surface area contributed by atoms with Crippen molar-refractivity contribution >= 4 is 23.2 Å². The van der Waals surface area contributed by atoms with Crippen LogP contribution in [-0.2, 0) is 22.4 Å². The number of para-hydroxylation sites is 2. The first-order valence-corrected chi connectivity index (χ1v) is 10.2. The average Bonchev–Trinajstić information content (AvgIpc) is 2.89. The van der Waals surface area contributed by atoms with E-state index in [2.05, 4.69) is 26.0 Å². The van der Waals surface area contributed by atoms with Crippen LogP contribution in [0.5, 0.6) is 0 Å². The standard InChI is InChI=1S/C13H17NO.C11H13NO/c1-10(2)14-12-8-4-3-6-11(12)7-5-9-13(14)15;1-8(2)12-10-6-4-3-5-9(10)7-11(12)13/h3-4,6,8,10H,5,7,9H2,1-2H3;3-6,8H,7H2,1-2H3. The Morgan fingerprint density at radius 2 is 1.18 bits per heavy atom. The summed E-state index contributed by atoms with van der Waals surface area (Å²) in [7, 11) is 0. The van der Waals surface area contributed by atoms with Crippen molar-refractivity contribution < 1.29 is 9.59 Å². The van der Waals surface area contributed by atoms with Crippen LogP contribution in [0.1, 0.15) is 51.7 Å². The highest BCUT2D eigenvalue weighted by Crippen LogP contribution is 2.30. The summed E-state index contributed by atoms with van der Waals surface area (Å²) in [6.45, 7) is 8.22. The number of benzene rings is 2.